The average molecular weight is 339 g/mol. The Kier molecular flexibility index (Phi) is 4.72. The number of nitrogens with zero attached hydrogens (tertiary/aromatic N) is 2. The molecule has 0 radical (unpaired) electrons. The fourth-order valence-corrected chi connectivity index (χ4v) is 2.40. The summed E-state index contributed by atoms with van der Waals surface area (Å²) in [6, 6.07) is 16.5. The number of amides is 1. The number of hydrogen-bond acceptors (Lipinski definition) is 4. The SMILES string of the molecule is Cc1cc(Cl)ccc1NC(=O)c1cc(Nc2ccccc2)ncn1. The Morgan fingerprint density at radius 1 is 1.04 bits per heavy atom. The molecule has 0 fully saturated rings. The number of carbonyl (C=O) groups excluding carboxylic acids is 1. The van der Waals surface area contributed by atoms with Crippen LogP contribution in [0.5, 0.6) is 0 Å². The highest BCUT2D eigenvalue weighted by Gasteiger charge is 2.11. The van der Waals surface area contributed by atoms with Gasteiger partial charge in [-0.2, -0.15) is 0 Å². The second-order valence-corrected chi connectivity index (χ2v) is 5.63. The molecule has 5 nitrogen and oxygen atoms in total. The van der Waals surface area contributed by atoms with E-state index in [-0.39, 0.29) is 11.6 Å². The van der Waals surface area contributed by atoms with Gasteiger partial charge in [-0.05, 0) is 42.8 Å². The molecule has 2 N–H and O–H groups in total. The van der Waals surface area contributed by atoms with Gasteiger partial charge in [0.25, 0.3) is 5.91 Å². The maximum absolute atomic E-state index is 12.4. The Bertz CT molecular complexity index is 868. The van der Waals surface area contributed by atoms with Crippen LogP contribution in [-0.4, -0.2) is 15.9 Å². The standard InChI is InChI=1S/C18H15ClN4O/c1-12-9-13(19)7-8-15(12)23-18(24)16-10-17(21-11-20-16)22-14-5-3-2-4-6-14/h2-11H,1H3,(H,23,24)(H,20,21,22). The Morgan fingerprint density at radius 3 is 2.58 bits per heavy atom. The molecular weight excluding hydrogens is 324 g/mol. The molecule has 1 aromatic heterocycles. The van der Waals surface area contributed by atoms with Crippen LogP contribution < -0.4 is 10.6 Å². The topological polar surface area (TPSA) is 66.9 Å². The molecule has 0 atom stereocenters. The lowest BCUT2D eigenvalue weighted by Crippen LogP contribution is -2.15. The zero-order chi connectivity index (χ0) is 16.9. The van der Waals surface area contributed by atoms with Crippen molar-refractivity contribution < 1.29 is 4.79 Å². The lowest BCUT2D eigenvalue weighted by atomic mass is 10.2. The summed E-state index contributed by atoms with van der Waals surface area (Å²) in [7, 11) is 0. The van der Waals surface area contributed by atoms with Crippen molar-refractivity contribution in [2.45, 2.75) is 6.92 Å². The van der Waals surface area contributed by atoms with Crippen LogP contribution >= 0.6 is 11.6 Å². The van der Waals surface area contributed by atoms with Gasteiger partial charge in [-0.1, -0.05) is 29.8 Å². The number of para-hydroxylation sites is 1. The molecule has 0 bridgehead atoms. The maximum Gasteiger partial charge on any atom is 0.274 e. The highest BCUT2D eigenvalue weighted by atomic mass is 35.5. The quantitative estimate of drug-likeness (QED) is 0.738. The number of nitrogens with one attached hydrogen (secondary N) is 2. The van der Waals surface area contributed by atoms with E-state index in [9.17, 15) is 4.79 Å². The minimum absolute atomic E-state index is 0.276. The number of halogens is 1. The Morgan fingerprint density at radius 2 is 1.83 bits per heavy atom. The van der Waals surface area contributed by atoms with Crippen LogP contribution in [0.4, 0.5) is 17.2 Å². The van der Waals surface area contributed by atoms with Gasteiger partial charge in [0, 0.05) is 22.5 Å². The van der Waals surface area contributed by atoms with Gasteiger partial charge >= 0.3 is 0 Å². The minimum Gasteiger partial charge on any atom is -0.340 e. The van der Waals surface area contributed by atoms with Crippen molar-refractivity contribution in [3.05, 3.63) is 77.2 Å². The normalized spacial score (nSPS) is 10.2. The van der Waals surface area contributed by atoms with Gasteiger partial charge in [0.05, 0.1) is 0 Å². The number of anilines is 3. The zero-order valence-electron chi connectivity index (χ0n) is 13.0. The van der Waals surface area contributed by atoms with Crippen LogP contribution in [0.3, 0.4) is 0 Å². The molecule has 0 aliphatic carbocycles. The average Bonchev–Trinajstić information content (AvgIpc) is 2.58. The van der Waals surface area contributed by atoms with Gasteiger partial charge in [0.15, 0.2) is 0 Å². The third-order valence-electron chi connectivity index (χ3n) is 3.38. The summed E-state index contributed by atoms with van der Waals surface area (Å²) in [5.41, 5.74) is 2.74. The third kappa shape index (κ3) is 3.88. The molecule has 0 saturated carbocycles. The molecule has 0 aliphatic heterocycles. The summed E-state index contributed by atoms with van der Waals surface area (Å²) in [4.78, 5) is 20.6. The third-order valence-corrected chi connectivity index (χ3v) is 3.62. The van der Waals surface area contributed by atoms with Crippen LogP contribution in [-0.2, 0) is 0 Å². The van der Waals surface area contributed by atoms with Crippen LogP contribution in [0.2, 0.25) is 5.02 Å². The van der Waals surface area contributed by atoms with Crippen molar-refractivity contribution in [1.29, 1.82) is 0 Å². The molecular formula is C18H15ClN4O. The van der Waals surface area contributed by atoms with Gasteiger partial charge in [-0.3, -0.25) is 4.79 Å². The molecule has 0 unspecified atom stereocenters. The van der Waals surface area contributed by atoms with E-state index in [0.717, 1.165) is 11.3 Å². The minimum atomic E-state index is -0.307. The zero-order valence-corrected chi connectivity index (χ0v) is 13.7. The van der Waals surface area contributed by atoms with Gasteiger partial charge in [0.1, 0.15) is 17.8 Å². The predicted molar refractivity (Wildman–Crippen MR) is 95.9 cm³/mol. The number of carbonyl (C=O) groups is 1. The van der Waals surface area contributed by atoms with Crippen molar-refractivity contribution >= 4 is 34.7 Å². The summed E-state index contributed by atoms with van der Waals surface area (Å²) in [6.07, 6.45) is 1.36. The molecule has 24 heavy (non-hydrogen) atoms. The molecule has 0 saturated heterocycles. The lowest BCUT2D eigenvalue weighted by Gasteiger charge is -2.09. The monoisotopic (exact) mass is 338 g/mol. The molecule has 3 aromatic rings. The smallest absolute Gasteiger partial charge is 0.274 e. The molecule has 1 amide bonds. The maximum atomic E-state index is 12.4. The highest BCUT2D eigenvalue weighted by Crippen LogP contribution is 2.20. The first-order valence-corrected chi connectivity index (χ1v) is 7.71. The van der Waals surface area contributed by atoms with Crippen molar-refractivity contribution in [2.24, 2.45) is 0 Å². The van der Waals surface area contributed by atoms with Crippen molar-refractivity contribution in [3.63, 3.8) is 0 Å². The largest absolute Gasteiger partial charge is 0.340 e. The van der Waals surface area contributed by atoms with E-state index in [1.54, 1.807) is 24.3 Å². The van der Waals surface area contributed by atoms with E-state index in [1.807, 2.05) is 37.3 Å². The van der Waals surface area contributed by atoms with E-state index >= 15 is 0 Å². The summed E-state index contributed by atoms with van der Waals surface area (Å²) >= 11 is 5.93. The number of aryl methyl sites for hydroxylation is 1. The fraction of sp³-hybridized carbons (Fsp3) is 0.0556. The fourth-order valence-electron chi connectivity index (χ4n) is 2.17. The molecule has 0 spiro atoms. The van der Waals surface area contributed by atoms with Crippen LogP contribution in [0.15, 0.2) is 60.9 Å². The molecule has 2 aromatic carbocycles. The summed E-state index contributed by atoms with van der Waals surface area (Å²) in [5.74, 6) is 0.244. The van der Waals surface area contributed by atoms with Crippen molar-refractivity contribution in [1.82, 2.24) is 9.97 Å². The molecule has 0 aliphatic rings. The Balaban J connectivity index is 1.77. The van der Waals surface area contributed by atoms with E-state index in [1.165, 1.54) is 6.33 Å². The summed E-state index contributed by atoms with van der Waals surface area (Å²) in [5, 5.41) is 6.59. The first-order chi connectivity index (χ1) is 11.6. The van der Waals surface area contributed by atoms with E-state index in [0.29, 0.717) is 16.5 Å². The summed E-state index contributed by atoms with van der Waals surface area (Å²) in [6.45, 7) is 1.88. The first kappa shape index (κ1) is 16.0. The van der Waals surface area contributed by atoms with E-state index < -0.39 is 0 Å². The molecule has 3 rings (SSSR count). The van der Waals surface area contributed by atoms with Crippen LogP contribution in [0.25, 0.3) is 0 Å². The van der Waals surface area contributed by atoms with E-state index in [2.05, 4.69) is 20.6 Å². The molecule has 120 valence electrons. The van der Waals surface area contributed by atoms with Crippen molar-refractivity contribution in [2.75, 3.05) is 10.6 Å². The van der Waals surface area contributed by atoms with E-state index in [4.69, 9.17) is 11.6 Å². The number of aromatic nitrogens is 2. The lowest BCUT2D eigenvalue weighted by molar-refractivity contribution is 0.102. The number of benzene rings is 2. The Hall–Kier alpha value is -2.92. The number of rotatable bonds is 4. The molecule has 1 heterocycles. The van der Waals surface area contributed by atoms with Crippen LogP contribution in [0.1, 0.15) is 16.1 Å². The summed E-state index contributed by atoms with van der Waals surface area (Å²) < 4.78 is 0. The van der Waals surface area contributed by atoms with Crippen LogP contribution in [0, 0.1) is 6.92 Å². The van der Waals surface area contributed by atoms with Gasteiger partial charge in [-0.15, -0.1) is 0 Å². The first-order valence-electron chi connectivity index (χ1n) is 7.33. The predicted octanol–water partition coefficient (Wildman–Crippen LogP) is 4.43. The van der Waals surface area contributed by atoms with Crippen molar-refractivity contribution in [3.8, 4) is 0 Å². The highest BCUT2D eigenvalue weighted by molar-refractivity contribution is 6.30. The second kappa shape index (κ2) is 7.10. The van der Waals surface area contributed by atoms with Gasteiger partial charge in [-0.25, -0.2) is 9.97 Å². The number of hydrogen-bond donors (Lipinski definition) is 2. The molecule has 6 heteroatoms. The van der Waals surface area contributed by atoms with Gasteiger partial charge < -0.3 is 10.6 Å². The second-order valence-electron chi connectivity index (χ2n) is 5.19. The van der Waals surface area contributed by atoms with Gasteiger partial charge in [0.2, 0.25) is 0 Å². The Labute approximate surface area is 144 Å².